The van der Waals surface area contributed by atoms with Crippen LogP contribution < -0.4 is 5.69 Å². The molecule has 144 valence electrons. The minimum absolute atomic E-state index is 0.126. The summed E-state index contributed by atoms with van der Waals surface area (Å²) in [6, 6.07) is 0. The molecular weight excluding hydrogens is 328 g/mol. The summed E-state index contributed by atoms with van der Waals surface area (Å²) in [5.41, 5.74) is 0.163. The van der Waals surface area contributed by atoms with Gasteiger partial charge in [0.15, 0.2) is 0 Å². The zero-order valence-electron chi connectivity index (χ0n) is 14.9. The van der Waals surface area contributed by atoms with Gasteiger partial charge in [0, 0.05) is 26.2 Å². The standard InChI is InChI=1S/C17H30N2O6/c1-2-25-12-10-13(20)9-11-19-14(16(23)18-17(19)24)7-5-3-4-6-8-15(21)22/h13,20,23H,2-12H2,1H3,(H,18,24)(H,21,22). The maximum absolute atomic E-state index is 11.9. The first-order chi connectivity index (χ1) is 12.0. The molecule has 0 aliphatic heterocycles. The van der Waals surface area contributed by atoms with E-state index in [0.29, 0.717) is 51.1 Å². The van der Waals surface area contributed by atoms with Crippen LogP contribution in [0.5, 0.6) is 5.88 Å². The molecule has 1 atom stereocenters. The van der Waals surface area contributed by atoms with E-state index in [0.717, 1.165) is 19.3 Å². The maximum atomic E-state index is 11.9. The van der Waals surface area contributed by atoms with Crippen molar-refractivity contribution in [3.05, 3.63) is 16.2 Å². The van der Waals surface area contributed by atoms with Crippen molar-refractivity contribution in [1.82, 2.24) is 9.55 Å². The first-order valence-electron chi connectivity index (χ1n) is 8.94. The van der Waals surface area contributed by atoms with Gasteiger partial charge in [-0.05, 0) is 39.0 Å². The van der Waals surface area contributed by atoms with Crippen LogP contribution in [0.3, 0.4) is 0 Å². The number of aliphatic hydroxyl groups excluding tert-OH is 1. The lowest BCUT2D eigenvalue weighted by molar-refractivity contribution is -0.137. The average Bonchev–Trinajstić information content (AvgIpc) is 2.82. The number of imidazole rings is 1. The Hall–Kier alpha value is -1.80. The van der Waals surface area contributed by atoms with Gasteiger partial charge < -0.3 is 20.1 Å². The molecule has 0 radical (unpaired) electrons. The Morgan fingerprint density at radius 3 is 2.64 bits per heavy atom. The fourth-order valence-electron chi connectivity index (χ4n) is 2.69. The van der Waals surface area contributed by atoms with Crippen molar-refractivity contribution in [2.75, 3.05) is 13.2 Å². The van der Waals surface area contributed by atoms with Crippen LogP contribution in [0.15, 0.2) is 4.79 Å². The Bertz CT molecular complexity index is 566. The molecule has 0 aliphatic rings. The third kappa shape index (κ3) is 8.22. The highest BCUT2D eigenvalue weighted by Crippen LogP contribution is 2.17. The molecule has 0 bridgehead atoms. The second kappa shape index (κ2) is 11.7. The number of carboxylic acids is 1. The minimum atomic E-state index is -0.792. The predicted octanol–water partition coefficient (Wildman–Crippen LogP) is 1.64. The van der Waals surface area contributed by atoms with Gasteiger partial charge in [-0.2, -0.15) is 0 Å². The summed E-state index contributed by atoms with van der Waals surface area (Å²) >= 11 is 0. The van der Waals surface area contributed by atoms with Gasteiger partial charge in [-0.25, -0.2) is 4.79 Å². The fourth-order valence-corrected chi connectivity index (χ4v) is 2.69. The van der Waals surface area contributed by atoms with Crippen LogP contribution in [0.25, 0.3) is 0 Å². The lowest BCUT2D eigenvalue weighted by Crippen LogP contribution is -2.22. The average molecular weight is 358 g/mol. The molecule has 8 heteroatoms. The van der Waals surface area contributed by atoms with Gasteiger partial charge in [-0.15, -0.1) is 0 Å². The summed E-state index contributed by atoms with van der Waals surface area (Å²) in [7, 11) is 0. The second-order valence-corrected chi connectivity index (χ2v) is 6.11. The first kappa shape index (κ1) is 21.2. The summed E-state index contributed by atoms with van der Waals surface area (Å²) in [6.45, 7) is 3.31. The number of H-pyrrole nitrogens is 1. The smallest absolute Gasteiger partial charge is 0.328 e. The van der Waals surface area contributed by atoms with Crippen LogP contribution in [-0.2, 0) is 22.5 Å². The van der Waals surface area contributed by atoms with Crippen LogP contribution in [-0.4, -0.2) is 50.2 Å². The number of aromatic amines is 1. The number of nitrogens with zero attached hydrogens (tertiary/aromatic N) is 1. The van der Waals surface area contributed by atoms with E-state index in [2.05, 4.69) is 4.98 Å². The van der Waals surface area contributed by atoms with Gasteiger partial charge in [0.05, 0.1) is 11.8 Å². The number of hydrogen-bond acceptors (Lipinski definition) is 5. The van der Waals surface area contributed by atoms with Crippen LogP contribution in [0.2, 0.25) is 0 Å². The van der Waals surface area contributed by atoms with Crippen molar-refractivity contribution in [2.24, 2.45) is 0 Å². The number of aromatic nitrogens is 2. The SMILES string of the molecule is CCOCCC(O)CCn1c(CCCCCCC(=O)O)c(O)[nH]c1=O. The number of unbranched alkanes of at least 4 members (excludes halogenated alkanes) is 3. The Labute approximate surface area is 147 Å². The predicted molar refractivity (Wildman–Crippen MR) is 92.9 cm³/mol. The molecule has 1 unspecified atom stereocenters. The molecule has 0 fully saturated rings. The Kier molecular flexibility index (Phi) is 9.94. The minimum Gasteiger partial charge on any atom is -0.493 e. The molecule has 1 aromatic heterocycles. The molecule has 8 nitrogen and oxygen atoms in total. The lowest BCUT2D eigenvalue weighted by atomic mass is 10.1. The van der Waals surface area contributed by atoms with Crippen molar-refractivity contribution in [1.29, 1.82) is 0 Å². The van der Waals surface area contributed by atoms with E-state index in [-0.39, 0.29) is 18.0 Å². The molecule has 0 aliphatic carbocycles. The van der Waals surface area contributed by atoms with Crippen LogP contribution in [0.1, 0.15) is 57.6 Å². The quantitative estimate of drug-likeness (QED) is 0.375. The monoisotopic (exact) mass is 358 g/mol. The number of carbonyl (C=O) groups is 1. The highest BCUT2D eigenvalue weighted by Gasteiger charge is 2.14. The van der Waals surface area contributed by atoms with Crippen molar-refractivity contribution in [3.63, 3.8) is 0 Å². The third-order valence-corrected chi connectivity index (χ3v) is 4.11. The first-order valence-corrected chi connectivity index (χ1v) is 8.94. The molecule has 0 spiro atoms. The number of hydrogen-bond donors (Lipinski definition) is 4. The number of rotatable bonds is 14. The number of ether oxygens (including phenoxy) is 1. The van der Waals surface area contributed by atoms with E-state index in [4.69, 9.17) is 9.84 Å². The second-order valence-electron chi connectivity index (χ2n) is 6.11. The molecule has 4 N–H and O–H groups in total. The van der Waals surface area contributed by atoms with Gasteiger partial charge in [0.1, 0.15) is 0 Å². The van der Waals surface area contributed by atoms with E-state index >= 15 is 0 Å². The zero-order valence-corrected chi connectivity index (χ0v) is 14.9. The van der Waals surface area contributed by atoms with Crippen LogP contribution >= 0.6 is 0 Å². The van der Waals surface area contributed by atoms with Crippen LogP contribution in [0.4, 0.5) is 0 Å². The molecule has 25 heavy (non-hydrogen) atoms. The van der Waals surface area contributed by atoms with E-state index in [1.165, 1.54) is 4.57 Å². The molecule has 0 aromatic carbocycles. The molecule has 1 heterocycles. The largest absolute Gasteiger partial charge is 0.493 e. The molecule has 0 amide bonds. The molecular formula is C17H30N2O6. The van der Waals surface area contributed by atoms with E-state index in [9.17, 15) is 19.8 Å². The number of aromatic hydroxyl groups is 1. The lowest BCUT2D eigenvalue weighted by Gasteiger charge is -2.12. The van der Waals surface area contributed by atoms with Crippen molar-refractivity contribution < 1.29 is 24.9 Å². The third-order valence-electron chi connectivity index (χ3n) is 4.11. The summed E-state index contributed by atoms with van der Waals surface area (Å²) < 4.78 is 6.67. The number of nitrogens with one attached hydrogen (secondary N) is 1. The van der Waals surface area contributed by atoms with E-state index in [1.807, 2.05) is 6.92 Å². The summed E-state index contributed by atoms with van der Waals surface area (Å²) in [5.74, 6) is -0.917. The Morgan fingerprint density at radius 2 is 1.96 bits per heavy atom. The Morgan fingerprint density at radius 1 is 1.24 bits per heavy atom. The van der Waals surface area contributed by atoms with E-state index in [1.54, 1.807) is 0 Å². The van der Waals surface area contributed by atoms with Crippen molar-refractivity contribution in [2.45, 2.75) is 70.9 Å². The van der Waals surface area contributed by atoms with Gasteiger partial charge in [-0.3, -0.25) is 14.3 Å². The highest BCUT2D eigenvalue weighted by atomic mass is 16.5. The molecule has 1 aromatic rings. The molecule has 1 rings (SSSR count). The summed E-state index contributed by atoms with van der Waals surface area (Å²) in [6.07, 6.45) is 4.10. The normalized spacial score (nSPS) is 12.4. The number of aliphatic hydroxyl groups is 1. The highest BCUT2D eigenvalue weighted by molar-refractivity contribution is 5.66. The van der Waals surface area contributed by atoms with Crippen molar-refractivity contribution >= 4 is 5.97 Å². The molecule has 0 saturated heterocycles. The molecule has 0 saturated carbocycles. The number of aliphatic carboxylic acids is 1. The summed E-state index contributed by atoms with van der Waals surface area (Å²) in [5, 5.41) is 28.4. The van der Waals surface area contributed by atoms with Gasteiger partial charge in [0.25, 0.3) is 0 Å². The van der Waals surface area contributed by atoms with Gasteiger partial charge in [-0.1, -0.05) is 12.8 Å². The van der Waals surface area contributed by atoms with Gasteiger partial charge in [0.2, 0.25) is 5.88 Å². The zero-order chi connectivity index (χ0) is 18.7. The fraction of sp³-hybridized carbons (Fsp3) is 0.765. The van der Waals surface area contributed by atoms with E-state index < -0.39 is 12.1 Å². The number of carboxylic acid groups (broad SMARTS) is 1. The Balaban J connectivity index is 2.44. The topological polar surface area (TPSA) is 125 Å². The van der Waals surface area contributed by atoms with Crippen molar-refractivity contribution in [3.8, 4) is 5.88 Å². The summed E-state index contributed by atoms with van der Waals surface area (Å²) in [4.78, 5) is 24.8. The van der Waals surface area contributed by atoms with Crippen LogP contribution in [0, 0.1) is 0 Å². The van der Waals surface area contributed by atoms with Gasteiger partial charge >= 0.3 is 11.7 Å². The maximum Gasteiger partial charge on any atom is 0.328 e.